The van der Waals surface area contributed by atoms with Gasteiger partial charge in [-0.2, -0.15) is 0 Å². The highest BCUT2D eigenvalue weighted by Crippen LogP contribution is 2.17. The molecule has 4 nitrogen and oxygen atoms in total. The highest BCUT2D eigenvalue weighted by Gasteiger charge is 2.34. The van der Waals surface area contributed by atoms with Crippen LogP contribution < -0.4 is 5.73 Å². The average Bonchev–Trinajstić information content (AvgIpc) is 2.48. The van der Waals surface area contributed by atoms with Gasteiger partial charge in [-0.1, -0.05) is 43.7 Å². The molecule has 1 fully saturated rings. The summed E-state index contributed by atoms with van der Waals surface area (Å²) in [5, 5.41) is 0. The van der Waals surface area contributed by atoms with Gasteiger partial charge in [-0.3, -0.25) is 4.79 Å². The van der Waals surface area contributed by atoms with Crippen molar-refractivity contribution >= 4 is 18.3 Å². The van der Waals surface area contributed by atoms with E-state index in [1.807, 2.05) is 30.0 Å². The zero-order valence-electron chi connectivity index (χ0n) is 13.5. The van der Waals surface area contributed by atoms with Crippen molar-refractivity contribution in [2.75, 3.05) is 19.7 Å². The Morgan fingerprint density at radius 3 is 2.73 bits per heavy atom. The molecule has 0 aromatic heterocycles. The van der Waals surface area contributed by atoms with Gasteiger partial charge in [0.15, 0.2) is 0 Å². The summed E-state index contributed by atoms with van der Waals surface area (Å²) in [6, 6.07) is 10.2. The molecule has 1 aromatic rings. The largest absolute Gasteiger partial charge is 0.374 e. The Bertz CT molecular complexity index is 465. The number of hydrogen-bond acceptors (Lipinski definition) is 3. The Kier molecular flexibility index (Phi) is 7.33. The minimum absolute atomic E-state index is 0. The molecule has 1 heterocycles. The first-order chi connectivity index (χ1) is 10.0. The molecule has 0 bridgehead atoms. The zero-order chi connectivity index (χ0) is 15.3. The Hall–Kier alpha value is -1.10. The molecule has 2 N–H and O–H groups in total. The molecule has 0 saturated carbocycles. The molecule has 1 aromatic carbocycles. The van der Waals surface area contributed by atoms with Gasteiger partial charge >= 0.3 is 0 Å². The molecule has 1 aliphatic heterocycles. The molecule has 1 aliphatic rings. The van der Waals surface area contributed by atoms with Gasteiger partial charge in [-0.25, -0.2) is 0 Å². The van der Waals surface area contributed by atoms with Crippen LogP contribution in [0.15, 0.2) is 30.3 Å². The molecule has 2 rings (SSSR count). The number of nitrogens with two attached hydrogens (primary N) is 1. The SMILES string of the molecule is CCCC(C)(N)C(=O)N1CCOC(Cc2ccccc2)C1.Cl. The van der Waals surface area contributed by atoms with Gasteiger partial charge in [0.2, 0.25) is 5.91 Å². The lowest BCUT2D eigenvalue weighted by atomic mass is 9.95. The average molecular weight is 327 g/mol. The third-order valence-electron chi connectivity index (χ3n) is 3.99. The number of benzene rings is 1. The van der Waals surface area contributed by atoms with E-state index in [-0.39, 0.29) is 24.4 Å². The Labute approximate surface area is 139 Å². The van der Waals surface area contributed by atoms with Crippen LogP contribution in [0.25, 0.3) is 0 Å². The highest BCUT2D eigenvalue weighted by atomic mass is 35.5. The number of nitrogens with zero attached hydrogens (tertiary/aromatic N) is 1. The van der Waals surface area contributed by atoms with E-state index in [2.05, 4.69) is 19.1 Å². The third kappa shape index (κ3) is 4.97. The Balaban J connectivity index is 0.00000242. The molecule has 0 spiro atoms. The van der Waals surface area contributed by atoms with E-state index in [1.54, 1.807) is 0 Å². The van der Waals surface area contributed by atoms with Crippen molar-refractivity contribution in [2.24, 2.45) is 5.73 Å². The number of hydrogen-bond donors (Lipinski definition) is 1. The topological polar surface area (TPSA) is 55.6 Å². The summed E-state index contributed by atoms with van der Waals surface area (Å²) in [7, 11) is 0. The molecule has 0 radical (unpaired) electrons. The molecule has 5 heteroatoms. The summed E-state index contributed by atoms with van der Waals surface area (Å²) in [5.41, 5.74) is 6.64. The van der Waals surface area contributed by atoms with Crippen molar-refractivity contribution < 1.29 is 9.53 Å². The number of morpholine rings is 1. The van der Waals surface area contributed by atoms with Gasteiger partial charge in [0.25, 0.3) is 0 Å². The van der Waals surface area contributed by atoms with Crippen LogP contribution in [0, 0.1) is 0 Å². The lowest BCUT2D eigenvalue weighted by molar-refractivity contribution is -0.144. The van der Waals surface area contributed by atoms with Crippen molar-refractivity contribution in [3.05, 3.63) is 35.9 Å². The summed E-state index contributed by atoms with van der Waals surface area (Å²) < 4.78 is 5.80. The van der Waals surface area contributed by atoms with Crippen molar-refractivity contribution in [3.8, 4) is 0 Å². The first-order valence-electron chi connectivity index (χ1n) is 7.76. The minimum Gasteiger partial charge on any atom is -0.374 e. The lowest BCUT2D eigenvalue weighted by Gasteiger charge is -2.37. The van der Waals surface area contributed by atoms with E-state index < -0.39 is 5.54 Å². The van der Waals surface area contributed by atoms with Crippen LogP contribution in [0.1, 0.15) is 32.3 Å². The van der Waals surface area contributed by atoms with Gasteiger partial charge in [0.1, 0.15) is 0 Å². The van der Waals surface area contributed by atoms with Crippen LogP contribution in [-0.2, 0) is 16.0 Å². The van der Waals surface area contributed by atoms with E-state index >= 15 is 0 Å². The maximum atomic E-state index is 12.6. The second-order valence-corrected chi connectivity index (χ2v) is 6.10. The van der Waals surface area contributed by atoms with Gasteiger partial charge < -0.3 is 15.4 Å². The van der Waals surface area contributed by atoms with Crippen LogP contribution in [0.5, 0.6) is 0 Å². The fraction of sp³-hybridized carbons (Fsp3) is 0.588. The molecule has 2 atom stereocenters. The van der Waals surface area contributed by atoms with Crippen LogP contribution in [0.2, 0.25) is 0 Å². The molecule has 0 aliphatic carbocycles. The van der Waals surface area contributed by atoms with Gasteiger partial charge in [-0.15, -0.1) is 12.4 Å². The normalized spacial score (nSPS) is 20.9. The second-order valence-electron chi connectivity index (χ2n) is 6.10. The summed E-state index contributed by atoms with van der Waals surface area (Å²) in [6.07, 6.45) is 2.52. The molecular weight excluding hydrogens is 300 g/mol. The van der Waals surface area contributed by atoms with Gasteiger partial charge in [0, 0.05) is 19.5 Å². The van der Waals surface area contributed by atoms with E-state index in [4.69, 9.17) is 10.5 Å². The maximum Gasteiger partial charge on any atom is 0.242 e. The van der Waals surface area contributed by atoms with E-state index in [9.17, 15) is 4.79 Å². The number of halogens is 1. The predicted octanol–water partition coefficient (Wildman–Crippen LogP) is 2.40. The predicted molar refractivity (Wildman–Crippen MR) is 91.2 cm³/mol. The fourth-order valence-corrected chi connectivity index (χ4v) is 2.89. The molecule has 1 saturated heterocycles. The molecule has 22 heavy (non-hydrogen) atoms. The summed E-state index contributed by atoms with van der Waals surface area (Å²) >= 11 is 0. The van der Waals surface area contributed by atoms with Crippen molar-refractivity contribution in [2.45, 2.75) is 44.8 Å². The standard InChI is InChI=1S/C17H26N2O2.ClH/c1-3-9-17(2,18)16(20)19-10-11-21-15(13-19)12-14-7-5-4-6-8-14;/h4-8,15H,3,9-13,18H2,1-2H3;1H. The molecular formula is C17H27ClN2O2. The highest BCUT2D eigenvalue weighted by molar-refractivity contribution is 5.86. The summed E-state index contributed by atoms with van der Waals surface area (Å²) in [6.45, 7) is 5.74. The van der Waals surface area contributed by atoms with Crippen LogP contribution in [0.3, 0.4) is 0 Å². The smallest absolute Gasteiger partial charge is 0.242 e. The van der Waals surface area contributed by atoms with Crippen molar-refractivity contribution in [1.29, 1.82) is 0 Å². The molecule has 2 unspecified atom stereocenters. The third-order valence-corrected chi connectivity index (χ3v) is 3.99. The molecule has 1 amide bonds. The number of carbonyl (C=O) groups is 1. The first-order valence-corrected chi connectivity index (χ1v) is 7.76. The Morgan fingerprint density at radius 1 is 1.41 bits per heavy atom. The lowest BCUT2D eigenvalue weighted by Crippen LogP contribution is -2.57. The maximum absolute atomic E-state index is 12.6. The van der Waals surface area contributed by atoms with E-state index in [1.165, 1.54) is 5.56 Å². The van der Waals surface area contributed by atoms with E-state index in [0.29, 0.717) is 26.1 Å². The van der Waals surface area contributed by atoms with Gasteiger partial charge in [-0.05, 0) is 18.9 Å². The number of rotatable bonds is 5. The number of ether oxygens (including phenoxy) is 1. The summed E-state index contributed by atoms with van der Waals surface area (Å²) in [5.74, 6) is 0.0470. The zero-order valence-corrected chi connectivity index (χ0v) is 14.3. The minimum atomic E-state index is -0.761. The van der Waals surface area contributed by atoms with Crippen LogP contribution in [-0.4, -0.2) is 42.1 Å². The Morgan fingerprint density at radius 2 is 2.09 bits per heavy atom. The monoisotopic (exact) mass is 326 g/mol. The van der Waals surface area contributed by atoms with E-state index in [0.717, 1.165) is 12.8 Å². The number of carbonyl (C=O) groups excluding carboxylic acids is 1. The fourth-order valence-electron chi connectivity index (χ4n) is 2.89. The van der Waals surface area contributed by atoms with Crippen molar-refractivity contribution in [1.82, 2.24) is 4.90 Å². The quantitative estimate of drug-likeness (QED) is 0.904. The van der Waals surface area contributed by atoms with Gasteiger partial charge in [0.05, 0.1) is 18.2 Å². The van der Waals surface area contributed by atoms with Crippen LogP contribution in [0.4, 0.5) is 0 Å². The van der Waals surface area contributed by atoms with Crippen molar-refractivity contribution in [3.63, 3.8) is 0 Å². The van der Waals surface area contributed by atoms with Crippen LogP contribution >= 0.6 is 12.4 Å². The second kappa shape index (κ2) is 8.51. The summed E-state index contributed by atoms with van der Waals surface area (Å²) in [4.78, 5) is 14.4. The number of amides is 1. The first kappa shape index (κ1) is 18.9. The molecule has 124 valence electrons.